The summed E-state index contributed by atoms with van der Waals surface area (Å²) in [4.78, 5) is 0. The molecule has 0 aliphatic rings. The van der Waals surface area contributed by atoms with Gasteiger partial charge in [-0.1, -0.05) is 33.6 Å². The van der Waals surface area contributed by atoms with E-state index in [0.717, 1.165) is 19.3 Å². The minimum atomic E-state index is -0.691. The molecule has 1 heteroatoms. The topological polar surface area (TPSA) is 19.9 Å². The first kappa shape index (κ1) is 9.96. The molecule has 0 saturated heterocycles. The van der Waals surface area contributed by atoms with Crippen molar-refractivity contribution in [3.05, 3.63) is 0 Å². The summed E-state index contributed by atoms with van der Waals surface area (Å²) in [5.74, 6) is 0.359. The highest BCUT2D eigenvalue weighted by Gasteiger charge is 2.28. The molecule has 0 heterocycles. The van der Waals surface area contributed by atoms with Crippen molar-refractivity contribution in [3.8, 4) is 0 Å². The van der Waals surface area contributed by atoms with Gasteiger partial charge in [0.2, 0.25) is 0 Å². The van der Waals surface area contributed by atoms with E-state index in [2.05, 4.69) is 13.8 Å². The fourth-order valence-electron chi connectivity index (χ4n) is 1.44. The summed E-state index contributed by atoms with van der Waals surface area (Å²) in [6.45, 7) is 8.00. The summed E-state index contributed by atoms with van der Waals surface area (Å²) in [6.07, 6.45) is 2.79. The molecule has 0 aromatic carbocycles. The first-order valence-corrected chi connectivity index (χ1v) is 4.28. The molecule has 0 rings (SSSR count). The maximum Gasteiger partial charge on any atom is 0.103 e. The van der Waals surface area contributed by atoms with Gasteiger partial charge in [0.15, 0.2) is 0 Å². The van der Waals surface area contributed by atoms with E-state index in [1.807, 2.05) is 13.8 Å². The molecule has 1 unspecified atom stereocenters. The minimum Gasteiger partial charge on any atom is -0.230 e. The van der Waals surface area contributed by atoms with Crippen LogP contribution in [0.2, 0.25) is 0 Å². The second kappa shape index (κ2) is 3.97. The fraction of sp³-hybridized carbons (Fsp3) is 1.00. The van der Waals surface area contributed by atoms with Crippen molar-refractivity contribution in [1.82, 2.24) is 0 Å². The van der Waals surface area contributed by atoms with Crippen LogP contribution in [0.25, 0.3) is 0 Å². The fourth-order valence-corrected chi connectivity index (χ4v) is 1.44. The van der Waals surface area contributed by atoms with E-state index in [4.69, 9.17) is 0 Å². The molecule has 0 amide bonds. The molecule has 0 aromatic heterocycles. The van der Waals surface area contributed by atoms with Crippen molar-refractivity contribution >= 4 is 0 Å². The van der Waals surface area contributed by atoms with Gasteiger partial charge in [-0.3, -0.25) is 0 Å². The van der Waals surface area contributed by atoms with E-state index < -0.39 is 5.60 Å². The number of rotatable bonds is 4. The van der Waals surface area contributed by atoms with Crippen LogP contribution in [0.15, 0.2) is 0 Å². The molecule has 0 aliphatic carbocycles. The Hall–Kier alpha value is -0.0400. The van der Waals surface area contributed by atoms with Crippen LogP contribution in [-0.4, -0.2) is 5.60 Å². The SMILES string of the molecule is CCC(CC)C(C)([O])CC. The first-order valence-electron chi connectivity index (χ1n) is 4.28. The van der Waals surface area contributed by atoms with Crippen molar-refractivity contribution in [2.75, 3.05) is 0 Å². The Balaban J connectivity index is 3.97. The summed E-state index contributed by atoms with van der Waals surface area (Å²) in [5, 5.41) is 11.6. The average Bonchev–Trinajstić information content (AvgIpc) is 1.90. The standard InChI is InChI=1S/C9H19O/c1-5-8(6-2)9(4,10)7-3/h8H,5-7H2,1-4H3. The lowest BCUT2D eigenvalue weighted by atomic mass is 9.83. The van der Waals surface area contributed by atoms with Gasteiger partial charge in [-0.05, 0) is 19.3 Å². The number of hydrogen-bond acceptors (Lipinski definition) is 0. The molecule has 0 aromatic rings. The van der Waals surface area contributed by atoms with Crippen LogP contribution in [0.4, 0.5) is 0 Å². The molecule has 10 heavy (non-hydrogen) atoms. The lowest BCUT2D eigenvalue weighted by molar-refractivity contribution is -0.0681. The van der Waals surface area contributed by atoms with Crippen LogP contribution >= 0.6 is 0 Å². The van der Waals surface area contributed by atoms with Crippen LogP contribution in [0.3, 0.4) is 0 Å². The third-order valence-corrected chi connectivity index (χ3v) is 2.55. The highest BCUT2D eigenvalue weighted by Crippen LogP contribution is 2.26. The van der Waals surface area contributed by atoms with E-state index in [-0.39, 0.29) is 0 Å². The van der Waals surface area contributed by atoms with Gasteiger partial charge in [-0.2, -0.15) is 0 Å². The second-order valence-corrected chi connectivity index (χ2v) is 3.18. The molecule has 61 valence electrons. The van der Waals surface area contributed by atoms with Gasteiger partial charge >= 0.3 is 0 Å². The van der Waals surface area contributed by atoms with E-state index in [1.54, 1.807) is 0 Å². The van der Waals surface area contributed by atoms with E-state index in [0.29, 0.717) is 5.92 Å². The lowest BCUT2D eigenvalue weighted by Gasteiger charge is -2.27. The molecular formula is C9H19O. The van der Waals surface area contributed by atoms with Crippen LogP contribution in [0.1, 0.15) is 47.0 Å². The summed E-state index contributed by atoms with van der Waals surface area (Å²) in [5.41, 5.74) is -0.691. The van der Waals surface area contributed by atoms with Crippen LogP contribution in [0.5, 0.6) is 0 Å². The molecular weight excluding hydrogens is 124 g/mol. The molecule has 0 bridgehead atoms. The molecule has 0 saturated carbocycles. The van der Waals surface area contributed by atoms with Gasteiger partial charge in [-0.25, -0.2) is 5.11 Å². The quantitative estimate of drug-likeness (QED) is 0.576. The van der Waals surface area contributed by atoms with Crippen molar-refractivity contribution in [3.63, 3.8) is 0 Å². The van der Waals surface area contributed by atoms with E-state index in [1.165, 1.54) is 0 Å². The zero-order chi connectivity index (χ0) is 8.20. The Labute approximate surface area is 64.5 Å². The smallest absolute Gasteiger partial charge is 0.103 e. The van der Waals surface area contributed by atoms with Gasteiger partial charge in [0, 0.05) is 0 Å². The Morgan fingerprint density at radius 1 is 1.20 bits per heavy atom. The maximum atomic E-state index is 11.6. The lowest BCUT2D eigenvalue weighted by Crippen LogP contribution is -2.31. The van der Waals surface area contributed by atoms with E-state index in [9.17, 15) is 5.11 Å². The van der Waals surface area contributed by atoms with Crippen molar-refractivity contribution < 1.29 is 5.11 Å². The Morgan fingerprint density at radius 3 is 1.70 bits per heavy atom. The third-order valence-electron chi connectivity index (χ3n) is 2.55. The van der Waals surface area contributed by atoms with Crippen molar-refractivity contribution in [1.29, 1.82) is 0 Å². The monoisotopic (exact) mass is 143 g/mol. The Kier molecular flexibility index (Phi) is 3.95. The van der Waals surface area contributed by atoms with Gasteiger partial charge in [0.1, 0.15) is 5.60 Å². The predicted molar refractivity (Wildman–Crippen MR) is 43.5 cm³/mol. The third kappa shape index (κ3) is 2.30. The zero-order valence-electron chi connectivity index (χ0n) is 7.61. The summed E-state index contributed by atoms with van der Waals surface area (Å²) < 4.78 is 0. The second-order valence-electron chi connectivity index (χ2n) is 3.18. The van der Waals surface area contributed by atoms with Crippen molar-refractivity contribution in [2.24, 2.45) is 5.92 Å². The number of hydrogen-bond donors (Lipinski definition) is 0. The predicted octanol–water partition coefficient (Wildman–Crippen LogP) is 3.02. The highest BCUT2D eigenvalue weighted by molar-refractivity contribution is 4.77. The summed E-state index contributed by atoms with van der Waals surface area (Å²) >= 11 is 0. The molecule has 0 N–H and O–H groups in total. The van der Waals surface area contributed by atoms with Crippen LogP contribution < -0.4 is 0 Å². The molecule has 1 radical (unpaired) electrons. The molecule has 0 spiro atoms. The highest BCUT2D eigenvalue weighted by atomic mass is 16.3. The van der Waals surface area contributed by atoms with Crippen LogP contribution in [-0.2, 0) is 5.11 Å². The van der Waals surface area contributed by atoms with Crippen molar-refractivity contribution in [2.45, 2.75) is 52.6 Å². The summed E-state index contributed by atoms with van der Waals surface area (Å²) in [7, 11) is 0. The molecule has 1 atom stereocenters. The minimum absolute atomic E-state index is 0.359. The van der Waals surface area contributed by atoms with E-state index >= 15 is 0 Å². The van der Waals surface area contributed by atoms with Gasteiger partial charge in [0.05, 0.1) is 0 Å². The first-order chi connectivity index (χ1) is 4.58. The summed E-state index contributed by atoms with van der Waals surface area (Å²) in [6, 6.07) is 0. The Bertz CT molecular complexity index is 82.7. The van der Waals surface area contributed by atoms with Gasteiger partial charge < -0.3 is 0 Å². The normalized spacial score (nSPS) is 17.4. The van der Waals surface area contributed by atoms with Crippen LogP contribution in [0, 0.1) is 5.92 Å². The molecule has 1 nitrogen and oxygen atoms in total. The largest absolute Gasteiger partial charge is 0.230 e. The van der Waals surface area contributed by atoms with Gasteiger partial charge in [-0.15, -0.1) is 0 Å². The van der Waals surface area contributed by atoms with Gasteiger partial charge in [0.25, 0.3) is 0 Å². The maximum absolute atomic E-state index is 11.6. The Morgan fingerprint density at radius 2 is 1.60 bits per heavy atom. The molecule has 0 fully saturated rings. The zero-order valence-corrected chi connectivity index (χ0v) is 7.61. The molecule has 0 aliphatic heterocycles. The average molecular weight is 143 g/mol.